The van der Waals surface area contributed by atoms with E-state index in [4.69, 9.17) is 0 Å². The van der Waals surface area contributed by atoms with E-state index in [9.17, 15) is 4.39 Å². The fraction of sp³-hybridized carbons (Fsp3) is 0.636. The highest BCUT2D eigenvalue weighted by atomic mass is 19.1. The van der Waals surface area contributed by atoms with Crippen molar-refractivity contribution in [3.8, 4) is 0 Å². The summed E-state index contributed by atoms with van der Waals surface area (Å²) in [6.45, 7) is 0. The molecule has 3 nitrogen and oxygen atoms in total. The summed E-state index contributed by atoms with van der Waals surface area (Å²) < 4.78 is 13.3. The van der Waals surface area contributed by atoms with Crippen LogP contribution in [0.1, 0.15) is 32.1 Å². The Morgan fingerprint density at radius 1 is 1.27 bits per heavy atom. The molecule has 2 aliphatic carbocycles. The Kier molecular flexibility index (Phi) is 1.90. The van der Waals surface area contributed by atoms with Crippen molar-refractivity contribution in [2.45, 2.75) is 37.6 Å². The molecule has 0 unspecified atom stereocenters. The molecule has 80 valence electrons. The predicted octanol–water partition coefficient (Wildman–Crippen LogP) is 2.36. The van der Waals surface area contributed by atoms with E-state index in [-0.39, 0.29) is 5.54 Å². The van der Waals surface area contributed by atoms with Crippen LogP contribution in [0.4, 0.5) is 10.2 Å². The molecule has 1 aromatic heterocycles. The van der Waals surface area contributed by atoms with Crippen molar-refractivity contribution in [3.05, 3.63) is 18.3 Å². The third kappa shape index (κ3) is 1.48. The minimum atomic E-state index is -0.483. The van der Waals surface area contributed by atoms with Gasteiger partial charge in [-0.25, -0.2) is 9.97 Å². The highest BCUT2D eigenvalue weighted by molar-refractivity contribution is 5.40. The van der Waals surface area contributed by atoms with Gasteiger partial charge in [-0.15, -0.1) is 0 Å². The lowest BCUT2D eigenvalue weighted by Crippen LogP contribution is -2.36. The van der Waals surface area contributed by atoms with Gasteiger partial charge in [0.25, 0.3) is 5.95 Å². The van der Waals surface area contributed by atoms with Crippen LogP contribution in [0.3, 0.4) is 0 Å². The molecule has 2 saturated carbocycles. The molecule has 0 atom stereocenters. The van der Waals surface area contributed by atoms with E-state index >= 15 is 0 Å². The minimum absolute atomic E-state index is 0.148. The molecular weight excluding hydrogens is 193 g/mol. The molecule has 0 bridgehead atoms. The lowest BCUT2D eigenvalue weighted by molar-refractivity contribution is 0.260. The highest BCUT2D eigenvalue weighted by Gasteiger charge is 2.51. The van der Waals surface area contributed by atoms with Gasteiger partial charge in [0.15, 0.2) is 5.82 Å². The van der Waals surface area contributed by atoms with E-state index in [1.807, 2.05) is 0 Å². The SMILES string of the molecule is Fc1nccnc1NC1(C2CCC2)CC1. The van der Waals surface area contributed by atoms with E-state index in [0.29, 0.717) is 5.82 Å². The Hall–Kier alpha value is -1.19. The first-order valence-electron chi connectivity index (χ1n) is 5.55. The van der Waals surface area contributed by atoms with Crippen molar-refractivity contribution in [2.24, 2.45) is 5.92 Å². The topological polar surface area (TPSA) is 37.8 Å². The highest BCUT2D eigenvalue weighted by Crippen LogP contribution is 2.52. The fourth-order valence-corrected chi connectivity index (χ4v) is 2.37. The van der Waals surface area contributed by atoms with E-state index < -0.39 is 5.95 Å². The van der Waals surface area contributed by atoms with Crippen molar-refractivity contribution in [1.82, 2.24) is 9.97 Å². The van der Waals surface area contributed by atoms with Gasteiger partial charge in [0.05, 0.1) is 0 Å². The molecule has 15 heavy (non-hydrogen) atoms. The second-order valence-electron chi connectivity index (χ2n) is 4.60. The molecule has 2 aliphatic rings. The maximum Gasteiger partial charge on any atom is 0.255 e. The van der Waals surface area contributed by atoms with Crippen molar-refractivity contribution in [1.29, 1.82) is 0 Å². The molecule has 0 spiro atoms. The summed E-state index contributed by atoms with van der Waals surface area (Å²) in [5.74, 6) is 0.559. The molecule has 2 fully saturated rings. The summed E-state index contributed by atoms with van der Waals surface area (Å²) >= 11 is 0. The lowest BCUT2D eigenvalue weighted by atomic mass is 9.78. The zero-order valence-corrected chi connectivity index (χ0v) is 8.54. The van der Waals surface area contributed by atoms with Crippen LogP contribution in [0, 0.1) is 11.9 Å². The summed E-state index contributed by atoms with van der Waals surface area (Å²) in [4.78, 5) is 7.60. The largest absolute Gasteiger partial charge is 0.361 e. The molecule has 0 aromatic carbocycles. The third-order valence-electron chi connectivity index (χ3n) is 3.70. The number of aromatic nitrogens is 2. The number of nitrogens with zero attached hydrogens (tertiary/aromatic N) is 2. The van der Waals surface area contributed by atoms with Crippen molar-refractivity contribution >= 4 is 5.82 Å². The zero-order chi connectivity index (χ0) is 10.3. The summed E-state index contributed by atoms with van der Waals surface area (Å²) in [5.41, 5.74) is 0.148. The normalized spacial score (nSPS) is 23.3. The summed E-state index contributed by atoms with van der Waals surface area (Å²) in [7, 11) is 0. The van der Waals surface area contributed by atoms with Crippen LogP contribution in [-0.2, 0) is 0 Å². The van der Waals surface area contributed by atoms with Gasteiger partial charge in [-0.2, -0.15) is 4.39 Å². The third-order valence-corrected chi connectivity index (χ3v) is 3.70. The lowest BCUT2D eigenvalue weighted by Gasteiger charge is -2.35. The molecular formula is C11H14FN3. The van der Waals surface area contributed by atoms with Crippen LogP contribution in [0.2, 0.25) is 0 Å². The smallest absolute Gasteiger partial charge is 0.255 e. The van der Waals surface area contributed by atoms with Gasteiger partial charge in [-0.1, -0.05) is 6.42 Å². The van der Waals surface area contributed by atoms with Crippen LogP contribution in [0.15, 0.2) is 12.4 Å². The first kappa shape index (κ1) is 9.07. The maximum absolute atomic E-state index is 13.3. The zero-order valence-electron chi connectivity index (χ0n) is 8.54. The van der Waals surface area contributed by atoms with Crippen molar-refractivity contribution < 1.29 is 4.39 Å². The molecule has 4 heteroatoms. The van der Waals surface area contributed by atoms with Crippen LogP contribution in [-0.4, -0.2) is 15.5 Å². The van der Waals surface area contributed by atoms with E-state index in [1.54, 1.807) is 0 Å². The van der Waals surface area contributed by atoms with Gasteiger partial charge in [0, 0.05) is 17.9 Å². The number of hydrogen-bond acceptors (Lipinski definition) is 3. The molecule has 0 radical (unpaired) electrons. The van der Waals surface area contributed by atoms with Gasteiger partial charge >= 0.3 is 0 Å². The standard InChI is InChI=1S/C11H14FN3/c12-9-10(14-7-6-13-9)15-11(4-5-11)8-2-1-3-8/h6-8H,1-5H2,(H,14,15). The summed E-state index contributed by atoms with van der Waals surface area (Å²) in [5, 5.41) is 3.25. The van der Waals surface area contributed by atoms with Gasteiger partial charge in [0.1, 0.15) is 0 Å². The fourth-order valence-electron chi connectivity index (χ4n) is 2.37. The first-order chi connectivity index (χ1) is 7.30. The Morgan fingerprint density at radius 2 is 2.00 bits per heavy atom. The van der Waals surface area contributed by atoms with Gasteiger partial charge < -0.3 is 5.32 Å². The quantitative estimate of drug-likeness (QED) is 0.826. The molecule has 0 amide bonds. The Labute approximate surface area is 88.1 Å². The monoisotopic (exact) mass is 207 g/mol. The Balaban J connectivity index is 1.77. The molecule has 1 heterocycles. The molecule has 1 aromatic rings. The summed E-state index contributed by atoms with van der Waals surface area (Å²) in [6, 6.07) is 0. The average Bonchev–Trinajstić information content (AvgIpc) is 2.87. The van der Waals surface area contributed by atoms with Gasteiger partial charge in [0.2, 0.25) is 0 Å². The van der Waals surface area contributed by atoms with Crippen molar-refractivity contribution in [3.63, 3.8) is 0 Å². The van der Waals surface area contributed by atoms with Gasteiger partial charge in [-0.3, -0.25) is 0 Å². The number of hydrogen-bond donors (Lipinski definition) is 1. The van der Waals surface area contributed by atoms with Crippen molar-refractivity contribution in [2.75, 3.05) is 5.32 Å². The average molecular weight is 207 g/mol. The predicted molar refractivity (Wildman–Crippen MR) is 54.9 cm³/mol. The Bertz CT molecular complexity index is 372. The van der Waals surface area contributed by atoms with E-state index in [2.05, 4.69) is 15.3 Å². The van der Waals surface area contributed by atoms with E-state index in [1.165, 1.54) is 31.7 Å². The second kappa shape index (κ2) is 3.15. The Morgan fingerprint density at radius 3 is 2.53 bits per heavy atom. The molecule has 0 aliphatic heterocycles. The van der Waals surface area contributed by atoms with Crippen LogP contribution in [0.25, 0.3) is 0 Å². The number of nitrogens with one attached hydrogen (secondary N) is 1. The number of halogens is 1. The minimum Gasteiger partial charge on any atom is -0.361 e. The second-order valence-corrected chi connectivity index (χ2v) is 4.60. The van der Waals surface area contributed by atoms with Crippen LogP contribution >= 0.6 is 0 Å². The summed E-state index contributed by atoms with van der Waals surface area (Å²) in [6.07, 6.45) is 9.06. The first-order valence-corrected chi connectivity index (χ1v) is 5.55. The van der Waals surface area contributed by atoms with Gasteiger partial charge in [-0.05, 0) is 31.6 Å². The number of anilines is 1. The van der Waals surface area contributed by atoms with Crippen LogP contribution < -0.4 is 5.32 Å². The van der Waals surface area contributed by atoms with E-state index in [0.717, 1.165) is 18.8 Å². The number of rotatable bonds is 3. The molecule has 1 N–H and O–H groups in total. The molecule has 0 saturated heterocycles. The molecule has 3 rings (SSSR count). The van der Waals surface area contributed by atoms with Crippen LogP contribution in [0.5, 0.6) is 0 Å². The maximum atomic E-state index is 13.3.